The summed E-state index contributed by atoms with van der Waals surface area (Å²) in [6.45, 7) is 4.54. The smallest absolute Gasteiger partial charge is 0.305 e. The maximum atomic E-state index is 12.0. The van der Waals surface area contributed by atoms with E-state index in [4.69, 9.17) is 5.11 Å². The summed E-state index contributed by atoms with van der Waals surface area (Å²) in [5.41, 5.74) is 0. The minimum absolute atomic E-state index is 0.00877. The third-order valence-corrected chi connectivity index (χ3v) is 2.62. The van der Waals surface area contributed by atoms with Crippen molar-refractivity contribution in [3.8, 4) is 0 Å². The average molecular weight is 253 g/mol. The Morgan fingerprint density at radius 2 is 2.11 bits per heavy atom. The lowest BCUT2D eigenvalue weighted by Gasteiger charge is -2.26. The van der Waals surface area contributed by atoms with Crippen LogP contribution >= 0.6 is 0 Å². The van der Waals surface area contributed by atoms with Gasteiger partial charge in [0.25, 0.3) is 0 Å². The molecule has 0 atom stereocenters. The number of carboxylic acid groups (broad SMARTS) is 1. The first-order valence-corrected chi connectivity index (χ1v) is 5.99. The summed E-state index contributed by atoms with van der Waals surface area (Å²) < 4.78 is 1.69. The second-order valence-electron chi connectivity index (χ2n) is 4.34. The van der Waals surface area contributed by atoms with Crippen molar-refractivity contribution in [2.24, 2.45) is 0 Å². The fourth-order valence-corrected chi connectivity index (χ4v) is 1.67. The molecule has 1 aromatic rings. The molecule has 0 saturated carbocycles. The molecule has 0 unspecified atom stereocenters. The maximum Gasteiger partial charge on any atom is 0.305 e. The van der Waals surface area contributed by atoms with Crippen LogP contribution in [0.2, 0.25) is 0 Å². The van der Waals surface area contributed by atoms with E-state index in [0.29, 0.717) is 13.0 Å². The summed E-state index contributed by atoms with van der Waals surface area (Å²) in [6, 6.07) is 1.81. The molecule has 0 fully saturated rings. The summed E-state index contributed by atoms with van der Waals surface area (Å²) in [7, 11) is 0. The van der Waals surface area contributed by atoms with E-state index >= 15 is 0 Å². The lowest BCUT2D eigenvalue weighted by atomic mass is 10.2. The number of amides is 1. The Kier molecular flexibility index (Phi) is 5.35. The van der Waals surface area contributed by atoms with E-state index in [1.165, 1.54) is 0 Å². The van der Waals surface area contributed by atoms with E-state index in [9.17, 15) is 9.59 Å². The first-order chi connectivity index (χ1) is 8.50. The van der Waals surface area contributed by atoms with E-state index in [1.54, 1.807) is 28.0 Å². The van der Waals surface area contributed by atoms with Gasteiger partial charge in [-0.2, -0.15) is 5.10 Å². The predicted octanol–water partition coefficient (Wildman–Crippen LogP) is 0.985. The van der Waals surface area contributed by atoms with Crippen LogP contribution in [0.15, 0.2) is 18.5 Å². The molecule has 6 nitrogen and oxygen atoms in total. The van der Waals surface area contributed by atoms with Crippen LogP contribution in [0.1, 0.15) is 26.7 Å². The normalized spacial score (nSPS) is 10.6. The van der Waals surface area contributed by atoms with Gasteiger partial charge in [-0.25, -0.2) is 0 Å². The summed E-state index contributed by atoms with van der Waals surface area (Å²) in [5, 5.41) is 12.7. The van der Waals surface area contributed by atoms with Gasteiger partial charge in [0.1, 0.15) is 0 Å². The number of carbonyl (C=O) groups excluding carboxylic acids is 1. The fourth-order valence-electron chi connectivity index (χ4n) is 1.67. The van der Waals surface area contributed by atoms with Gasteiger partial charge >= 0.3 is 5.97 Å². The molecule has 0 radical (unpaired) electrons. The molecule has 18 heavy (non-hydrogen) atoms. The number of nitrogens with zero attached hydrogens (tertiary/aromatic N) is 3. The molecule has 0 aromatic carbocycles. The van der Waals surface area contributed by atoms with Crippen LogP contribution in [0, 0.1) is 0 Å². The van der Waals surface area contributed by atoms with Gasteiger partial charge in [0.15, 0.2) is 0 Å². The first-order valence-electron chi connectivity index (χ1n) is 5.99. The predicted molar refractivity (Wildman–Crippen MR) is 65.9 cm³/mol. The van der Waals surface area contributed by atoms with E-state index in [-0.39, 0.29) is 24.9 Å². The molecule has 1 heterocycles. The van der Waals surface area contributed by atoms with Gasteiger partial charge in [0, 0.05) is 37.9 Å². The van der Waals surface area contributed by atoms with E-state index < -0.39 is 5.97 Å². The zero-order valence-corrected chi connectivity index (χ0v) is 10.7. The number of aryl methyl sites for hydroxylation is 1. The summed E-state index contributed by atoms with van der Waals surface area (Å²) >= 11 is 0. The highest BCUT2D eigenvalue weighted by atomic mass is 16.4. The van der Waals surface area contributed by atoms with Gasteiger partial charge < -0.3 is 10.0 Å². The van der Waals surface area contributed by atoms with Crippen molar-refractivity contribution in [2.45, 2.75) is 39.3 Å². The Balaban J connectivity index is 2.46. The summed E-state index contributed by atoms with van der Waals surface area (Å²) in [4.78, 5) is 24.1. The SMILES string of the molecule is CC(C)N(CCC(=O)O)C(=O)CCn1cccn1. The minimum atomic E-state index is -0.888. The molecule has 1 N–H and O–H groups in total. The van der Waals surface area contributed by atoms with Crippen LogP contribution in [0.4, 0.5) is 0 Å². The van der Waals surface area contributed by atoms with Gasteiger partial charge in [0.05, 0.1) is 6.42 Å². The van der Waals surface area contributed by atoms with Crippen molar-refractivity contribution in [1.29, 1.82) is 0 Å². The van der Waals surface area contributed by atoms with Crippen molar-refractivity contribution >= 4 is 11.9 Å². The second kappa shape index (κ2) is 6.78. The number of carbonyl (C=O) groups is 2. The molecule has 0 saturated heterocycles. The number of aliphatic carboxylic acids is 1. The highest BCUT2D eigenvalue weighted by Crippen LogP contribution is 2.04. The summed E-state index contributed by atoms with van der Waals surface area (Å²) in [5.74, 6) is -0.928. The van der Waals surface area contributed by atoms with Crippen LogP contribution in [0.3, 0.4) is 0 Å². The Morgan fingerprint density at radius 1 is 1.39 bits per heavy atom. The van der Waals surface area contributed by atoms with Crippen LogP contribution in [0.25, 0.3) is 0 Å². The molecular formula is C12H19N3O3. The molecule has 0 bridgehead atoms. The molecule has 0 aliphatic rings. The average Bonchev–Trinajstić information content (AvgIpc) is 2.78. The first kappa shape index (κ1) is 14.2. The second-order valence-corrected chi connectivity index (χ2v) is 4.34. The van der Waals surface area contributed by atoms with Crippen LogP contribution in [-0.4, -0.2) is 44.3 Å². The van der Waals surface area contributed by atoms with E-state index in [1.807, 2.05) is 13.8 Å². The fraction of sp³-hybridized carbons (Fsp3) is 0.583. The molecule has 1 amide bonds. The Labute approximate surface area is 106 Å². The third kappa shape index (κ3) is 4.57. The molecule has 6 heteroatoms. The Morgan fingerprint density at radius 3 is 2.61 bits per heavy atom. The maximum absolute atomic E-state index is 12.0. The Bertz CT molecular complexity index is 387. The van der Waals surface area contributed by atoms with Gasteiger partial charge in [-0.15, -0.1) is 0 Å². The molecule has 0 aliphatic carbocycles. The number of hydrogen-bond acceptors (Lipinski definition) is 3. The van der Waals surface area contributed by atoms with Gasteiger partial charge in [-0.3, -0.25) is 14.3 Å². The van der Waals surface area contributed by atoms with E-state index in [0.717, 1.165) is 0 Å². The molecule has 100 valence electrons. The zero-order valence-electron chi connectivity index (χ0n) is 10.7. The van der Waals surface area contributed by atoms with Gasteiger partial charge in [0.2, 0.25) is 5.91 Å². The van der Waals surface area contributed by atoms with Crippen LogP contribution in [-0.2, 0) is 16.1 Å². The van der Waals surface area contributed by atoms with Crippen molar-refractivity contribution in [1.82, 2.24) is 14.7 Å². The lowest BCUT2D eigenvalue weighted by Crippen LogP contribution is -2.38. The molecule has 0 spiro atoms. The Hall–Kier alpha value is -1.85. The molecular weight excluding hydrogens is 234 g/mol. The largest absolute Gasteiger partial charge is 0.481 e. The van der Waals surface area contributed by atoms with Gasteiger partial charge in [-0.1, -0.05) is 0 Å². The van der Waals surface area contributed by atoms with Crippen LogP contribution < -0.4 is 0 Å². The quantitative estimate of drug-likeness (QED) is 0.786. The van der Waals surface area contributed by atoms with Crippen molar-refractivity contribution in [2.75, 3.05) is 6.54 Å². The van der Waals surface area contributed by atoms with Crippen molar-refractivity contribution < 1.29 is 14.7 Å². The number of rotatable bonds is 7. The monoisotopic (exact) mass is 253 g/mol. The zero-order chi connectivity index (χ0) is 13.5. The molecule has 0 aliphatic heterocycles. The van der Waals surface area contributed by atoms with E-state index in [2.05, 4.69) is 5.10 Å². The number of hydrogen-bond donors (Lipinski definition) is 1. The third-order valence-electron chi connectivity index (χ3n) is 2.62. The van der Waals surface area contributed by atoms with Gasteiger partial charge in [-0.05, 0) is 19.9 Å². The standard InChI is InChI=1S/C12H19N3O3/c1-10(2)15(9-5-12(17)18)11(16)4-8-14-7-3-6-13-14/h3,6-7,10H,4-5,8-9H2,1-2H3,(H,17,18). The highest BCUT2D eigenvalue weighted by Gasteiger charge is 2.17. The number of carboxylic acids is 1. The molecule has 1 rings (SSSR count). The summed E-state index contributed by atoms with van der Waals surface area (Å²) in [6.07, 6.45) is 3.77. The minimum Gasteiger partial charge on any atom is -0.481 e. The van der Waals surface area contributed by atoms with Crippen LogP contribution in [0.5, 0.6) is 0 Å². The van der Waals surface area contributed by atoms with Crippen molar-refractivity contribution in [3.05, 3.63) is 18.5 Å². The van der Waals surface area contributed by atoms with Crippen molar-refractivity contribution in [3.63, 3.8) is 0 Å². The topological polar surface area (TPSA) is 75.4 Å². The highest BCUT2D eigenvalue weighted by molar-refractivity contribution is 5.77. The number of aromatic nitrogens is 2. The lowest BCUT2D eigenvalue weighted by molar-refractivity contribution is -0.139. The molecule has 1 aromatic heterocycles.